The lowest BCUT2D eigenvalue weighted by molar-refractivity contribution is 0.0968. The summed E-state index contributed by atoms with van der Waals surface area (Å²) in [6.45, 7) is 2.87. The minimum atomic E-state index is -2.35. The summed E-state index contributed by atoms with van der Waals surface area (Å²) in [5.74, 6) is 0.846. The first-order chi connectivity index (χ1) is 6.74. The summed E-state index contributed by atoms with van der Waals surface area (Å²) in [5, 5.41) is 0. The van der Waals surface area contributed by atoms with Gasteiger partial charge in [-0.2, -0.15) is 12.6 Å². The second-order valence-corrected chi connectivity index (χ2v) is 6.54. The van der Waals surface area contributed by atoms with Crippen molar-refractivity contribution in [2.75, 3.05) is 26.6 Å². The molecule has 0 aliphatic carbocycles. The lowest BCUT2D eigenvalue weighted by atomic mass is 10.4. The van der Waals surface area contributed by atoms with Crippen LogP contribution >= 0.6 is 12.6 Å². The van der Waals surface area contributed by atoms with Gasteiger partial charge in [0.15, 0.2) is 0 Å². The third-order valence-electron chi connectivity index (χ3n) is 2.08. The van der Waals surface area contributed by atoms with E-state index in [1.807, 2.05) is 0 Å². The first kappa shape index (κ1) is 14.4. The summed E-state index contributed by atoms with van der Waals surface area (Å²) < 4.78 is 16.5. The Bertz CT molecular complexity index is 131. The third kappa shape index (κ3) is 5.36. The lowest BCUT2D eigenvalue weighted by Crippen LogP contribution is -2.44. The summed E-state index contributed by atoms with van der Waals surface area (Å²) in [5.41, 5.74) is 0. The molecule has 0 aliphatic rings. The van der Waals surface area contributed by atoms with Gasteiger partial charge in [-0.15, -0.1) is 0 Å². The molecule has 0 bridgehead atoms. The number of thiol groups is 1. The van der Waals surface area contributed by atoms with E-state index in [1.54, 1.807) is 14.2 Å². The average molecular weight is 238 g/mol. The highest BCUT2D eigenvalue weighted by molar-refractivity contribution is 7.80. The van der Waals surface area contributed by atoms with Crippen molar-refractivity contribution in [3.05, 3.63) is 0 Å². The Morgan fingerprint density at radius 1 is 1.14 bits per heavy atom. The van der Waals surface area contributed by atoms with Gasteiger partial charge in [0.1, 0.15) is 0 Å². The molecule has 14 heavy (non-hydrogen) atoms. The van der Waals surface area contributed by atoms with Crippen molar-refractivity contribution < 1.29 is 13.3 Å². The number of rotatable bonds is 9. The minimum absolute atomic E-state index is 0.733. The largest absolute Gasteiger partial charge is 0.500 e. The highest BCUT2D eigenvalue weighted by atomic mass is 32.1. The molecular weight excluding hydrogens is 216 g/mol. The Morgan fingerprint density at radius 2 is 1.79 bits per heavy atom. The molecule has 0 saturated heterocycles. The molecule has 0 N–H and O–H groups in total. The van der Waals surface area contributed by atoms with E-state index in [0.717, 1.165) is 37.7 Å². The van der Waals surface area contributed by atoms with Crippen LogP contribution in [0.5, 0.6) is 0 Å². The van der Waals surface area contributed by atoms with E-state index in [1.165, 1.54) is 0 Å². The van der Waals surface area contributed by atoms with Crippen LogP contribution in [0.2, 0.25) is 6.04 Å². The number of hydrogen-bond acceptors (Lipinski definition) is 4. The topological polar surface area (TPSA) is 27.7 Å². The van der Waals surface area contributed by atoms with Crippen LogP contribution in [-0.2, 0) is 13.3 Å². The summed E-state index contributed by atoms with van der Waals surface area (Å²) in [6, 6.07) is 0.854. The molecule has 0 amide bonds. The molecule has 86 valence electrons. The van der Waals surface area contributed by atoms with Crippen LogP contribution in [0.15, 0.2) is 0 Å². The second kappa shape index (κ2) is 8.73. The smallest absolute Gasteiger partial charge is 0.377 e. The molecular formula is C9H22O3SSi. The molecule has 0 unspecified atom stereocenters. The van der Waals surface area contributed by atoms with Gasteiger partial charge in [-0.25, -0.2) is 0 Å². The Balaban J connectivity index is 3.94. The number of hydrogen-bond donors (Lipinski definition) is 1. The highest BCUT2D eigenvalue weighted by Gasteiger charge is 2.37. The van der Waals surface area contributed by atoms with Crippen molar-refractivity contribution in [1.29, 1.82) is 0 Å². The van der Waals surface area contributed by atoms with Crippen LogP contribution in [0.3, 0.4) is 0 Å². The molecule has 0 aromatic carbocycles. The monoisotopic (exact) mass is 238 g/mol. The highest BCUT2D eigenvalue weighted by Crippen LogP contribution is 2.16. The molecule has 0 aliphatic heterocycles. The molecule has 0 aromatic rings. The van der Waals surface area contributed by atoms with E-state index in [0.29, 0.717) is 0 Å². The van der Waals surface area contributed by atoms with Gasteiger partial charge in [0.05, 0.1) is 0 Å². The van der Waals surface area contributed by atoms with Crippen LogP contribution in [0.1, 0.15) is 26.2 Å². The summed E-state index contributed by atoms with van der Waals surface area (Å²) in [4.78, 5) is 0. The van der Waals surface area contributed by atoms with Gasteiger partial charge in [0, 0.05) is 26.9 Å². The van der Waals surface area contributed by atoms with Gasteiger partial charge < -0.3 is 13.3 Å². The normalized spacial score (nSPS) is 12.0. The first-order valence-corrected chi connectivity index (χ1v) is 7.66. The zero-order valence-electron chi connectivity index (χ0n) is 9.41. The Labute approximate surface area is 93.9 Å². The van der Waals surface area contributed by atoms with E-state index in [9.17, 15) is 0 Å². The van der Waals surface area contributed by atoms with E-state index in [-0.39, 0.29) is 0 Å². The van der Waals surface area contributed by atoms with Crippen molar-refractivity contribution in [2.45, 2.75) is 32.2 Å². The maximum absolute atomic E-state index is 5.73. The van der Waals surface area contributed by atoms with Gasteiger partial charge in [0.25, 0.3) is 0 Å². The predicted octanol–water partition coefficient (Wildman–Crippen LogP) is 2.35. The molecule has 0 aromatic heterocycles. The van der Waals surface area contributed by atoms with Crippen LogP contribution in [0.25, 0.3) is 0 Å². The maximum Gasteiger partial charge on any atom is 0.500 e. The molecule has 0 heterocycles. The second-order valence-electron chi connectivity index (χ2n) is 3.12. The standard InChI is InChI=1S/C9H22O3SSi/c1-4-5-7-12-14(10-2,11-3)9-6-8-13/h13H,4-9H2,1-3H3. The summed E-state index contributed by atoms with van der Waals surface area (Å²) in [7, 11) is 0.983. The first-order valence-electron chi connectivity index (χ1n) is 5.09. The van der Waals surface area contributed by atoms with E-state index in [4.69, 9.17) is 13.3 Å². The quantitative estimate of drug-likeness (QED) is 0.380. The van der Waals surface area contributed by atoms with E-state index < -0.39 is 8.80 Å². The van der Waals surface area contributed by atoms with Gasteiger partial charge in [0.2, 0.25) is 0 Å². The van der Waals surface area contributed by atoms with Crippen molar-refractivity contribution in [1.82, 2.24) is 0 Å². The number of unbranched alkanes of at least 4 members (excludes halogenated alkanes) is 1. The van der Waals surface area contributed by atoms with Crippen molar-refractivity contribution in [3.63, 3.8) is 0 Å². The molecule has 3 nitrogen and oxygen atoms in total. The van der Waals surface area contributed by atoms with Gasteiger partial charge in [-0.05, 0) is 18.6 Å². The molecule has 5 heteroatoms. The van der Waals surface area contributed by atoms with Crippen molar-refractivity contribution >= 4 is 21.4 Å². The molecule has 0 spiro atoms. The predicted molar refractivity (Wildman–Crippen MR) is 63.9 cm³/mol. The third-order valence-corrected chi connectivity index (χ3v) is 5.25. The van der Waals surface area contributed by atoms with Crippen LogP contribution in [0.4, 0.5) is 0 Å². The van der Waals surface area contributed by atoms with Gasteiger partial charge >= 0.3 is 8.80 Å². The molecule has 0 rings (SSSR count). The fraction of sp³-hybridized carbons (Fsp3) is 1.00. The van der Waals surface area contributed by atoms with Crippen LogP contribution < -0.4 is 0 Å². The zero-order valence-corrected chi connectivity index (χ0v) is 11.3. The fourth-order valence-electron chi connectivity index (χ4n) is 1.15. The Hall–Kier alpha value is 0.447. The van der Waals surface area contributed by atoms with Crippen molar-refractivity contribution in [2.24, 2.45) is 0 Å². The van der Waals surface area contributed by atoms with E-state index >= 15 is 0 Å². The minimum Gasteiger partial charge on any atom is -0.377 e. The Morgan fingerprint density at radius 3 is 2.21 bits per heavy atom. The average Bonchev–Trinajstić information content (AvgIpc) is 2.24. The summed E-state index contributed by atoms with van der Waals surface area (Å²) >= 11 is 4.18. The summed E-state index contributed by atoms with van der Waals surface area (Å²) in [6.07, 6.45) is 3.16. The molecule has 0 saturated carbocycles. The van der Waals surface area contributed by atoms with Gasteiger partial charge in [-0.1, -0.05) is 13.3 Å². The lowest BCUT2D eigenvalue weighted by Gasteiger charge is -2.26. The molecule has 0 fully saturated rings. The zero-order chi connectivity index (χ0) is 10.9. The SMILES string of the molecule is CCCCO[Si](CCCS)(OC)OC. The fourth-order valence-corrected chi connectivity index (χ4v) is 3.62. The van der Waals surface area contributed by atoms with Crippen LogP contribution in [-0.4, -0.2) is 35.4 Å². The maximum atomic E-state index is 5.73. The molecule has 0 atom stereocenters. The van der Waals surface area contributed by atoms with E-state index in [2.05, 4.69) is 19.6 Å². The van der Waals surface area contributed by atoms with Gasteiger partial charge in [-0.3, -0.25) is 0 Å². The molecule has 0 radical (unpaired) electrons. The van der Waals surface area contributed by atoms with Crippen molar-refractivity contribution in [3.8, 4) is 0 Å². The Kier molecular flexibility index (Phi) is 9.01. The van der Waals surface area contributed by atoms with Crippen LogP contribution in [0, 0.1) is 0 Å².